The van der Waals surface area contributed by atoms with Crippen LogP contribution in [0.5, 0.6) is 0 Å². The van der Waals surface area contributed by atoms with E-state index in [0.717, 1.165) is 23.1 Å². The van der Waals surface area contributed by atoms with Crippen LogP contribution in [0.3, 0.4) is 0 Å². The molecule has 0 aromatic heterocycles. The van der Waals surface area contributed by atoms with Crippen LogP contribution in [0, 0.1) is 6.92 Å². The highest BCUT2D eigenvalue weighted by atomic mass is 16.5. The minimum atomic E-state index is -1.03. The van der Waals surface area contributed by atoms with Gasteiger partial charge < -0.3 is 14.9 Å². The number of rotatable bonds is 7. The zero-order valence-corrected chi connectivity index (χ0v) is 17.2. The van der Waals surface area contributed by atoms with E-state index in [2.05, 4.69) is 6.58 Å². The van der Waals surface area contributed by atoms with Gasteiger partial charge in [0.1, 0.15) is 11.3 Å². The van der Waals surface area contributed by atoms with E-state index in [9.17, 15) is 9.59 Å². The van der Waals surface area contributed by atoms with Crippen molar-refractivity contribution in [3.8, 4) is 0 Å². The lowest BCUT2D eigenvalue weighted by Gasteiger charge is -2.03. The molecule has 2 N–H and O–H groups in total. The smallest absolute Gasteiger partial charge is 0.339 e. The molecule has 0 aliphatic carbocycles. The summed E-state index contributed by atoms with van der Waals surface area (Å²) in [4.78, 5) is 21.0. The molecule has 1 aromatic rings. The van der Waals surface area contributed by atoms with Gasteiger partial charge in [-0.2, -0.15) is 0 Å². The molecule has 0 amide bonds. The lowest BCUT2D eigenvalue weighted by Crippen LogP contribution is -2.03. The Hall–Kier alpha value is -2.82. The summed E-state index contributed by atoms with van der Waals surface area (Å²) < 4.78 is 4.77. The molecular weight excluding hydrogens is 344 g/mol. The summed E-state index contributed by atoms with van der Waals surface area (Å²) >= 11 is 0. The number of aliphatic carboxylic acids is 2. The van der Waals surface area contributed by atoms with Crippen molar-refractivity contribution < 1.29 is 24.5 Å². The fourth-order valence-corrected chi connectivity index (χ4v) is 1.73. The monoisotopic (exact) mass is 376 g/mol. The van der Waals surface area contributed by atoms with Gasteiger partial charge in [0.05, 0.1) is 13.5 Å². The third kappa shape index (κ3) is 13.1. The summed E-state index contributed by atoms with van der Waals surface area (Å²) in [5, 5.41) is 17.3. The molecule has 1 aromatic carbocycles. The Morgan fingerprint density at radius 1 is 1.19 bits per heavy atom. The van der Waals surface area contributed by atoms with Gasteiger partial charge in [-0.15, -0.1) is 0 Å². The summed E-state index contributed by atoms with van der Waals surface area (Å²) in [7, 11) is 1.40. The average molecular weight is 376 g/mol. The van der Waals surface area contributed by atoms with E-state index in [1.807, 2.05) is 58.9 Å². The fraction of sp³-hybridized carbons (Fsp3) is 0.364. The summed E-state index contributed by atoms with van der Waals surface area (Å²) in [5.41, 5.74) is 3.15. The summed E-state index contributed by atoms with van der Waals surface area (Å²) in [6.45, 7) is 13.4. The van der Waals surface area contributed by atoms with Crippen LogP contribution in [0.4, 0.5) is 0 Å². The first-order valence-corrected chi connectivity index (χ1v) is 8.82. The maximum Gasteiger partial charge on any atom is 0.339 e. The molecular formula is C22H32O5. The Kier molecular flexibility index (Phi) is 15.1. The molecule has 0 spiro atoms. The molecule has 0 aliphatic rings. The third-order valence-electron chi connectivity index (χ3n) is 3.31. The Morgan fingerprint density at radius 3 is 2.19 bits per heavy atom. The number of allylic oxidation sites excluding steroid dienone is 3. The minimum Gasteiger partial charge on any atom is -0.496 e. The predicted molar refractivity (Wildman–Crippen MR) is 110 cm³/mol. The highest BCUT2D eigenvalue weighted by molar-refractivity contribution is 5.91. The van der Waals surface area contributed by atoms with E-state index in [4.69, 9.17) is 14.9 Å². The van der Waals surface area contributed by atoms with Crippen LogP contribution in [0.25, 0.3) is 0 Å². The zero-order chi connectivity index (χ0) is 21.4. The van der Waals surface area contributed by atoms with E-state index in [1.54, 1.807) is 6.08 Å². The molecule has 0 atom stereocenters. The summed E-state index contributed by atoms with van der Waals surface area (Å²) in [6, 6.07) is 7.52. The van der Waals surface area contributed by atoms with Crippen molar-refractivity contribution >= 4 is 11.9 Å². The number of hydrogen-bond donors (Lipinski definition) is 2. The van der Waals surface area contributed by atoms with Gasteiger partial charge in [0.25, 0.3) is 0 Å². The number of aryl methyl sites for hydroxylation is 1. The minimum absolute atomic E-state index is 0.0836. The van der Waals surface area contributed by atoms with E-state index < -0.39 is 11.9 Å². The van der Waals surface area contributed by atoms with Crippen molar-refractivity contribution in [2.75, 3.05) is 7.11 Å². The number of ether oxygens (including phenoxy) is 1. The molecule has 0 saturated heterocycles. The summed E-state index contributed by atoms with van der Waals surface area (Å²) in [5.74, 6) is -1.65. The van der Waals surface area contributed by atoms with E-state index in [-0.39, 0.29) is 17.8 Å². The van der Waals surface area contributed by atoms with Crippen LogP contribution in [-0.4, -0.2) is 29.3 Å². The maximum absolute atomic E-state index is 10.8. The van der Waals surface area contributed by atoms with Crippen molar-refractivity contribution in [1.29, 1.82) is 0 Å². The van der Waals surface area contributed by atoms with Crippen molar-refractivity contribution in [2.24, 2.45) is 0 Å². The second kappa shape index (κ2) is 15.4. The molecule has 0 unspecified atom stereocenters. The molecule has 27 heavy (non-hydrogen) atoms. The molecule has 0 bridgehead atoms. The number of hydrogen-bond acceptors (Lipinski definition) is 3. The van der Waals surface area contributed by atoms with E-state index >= 15 is 0 Å². The maximum atomic E-state index is 10.8. The standard InChI is InChI=1S/C11H16O3.C9H10O2.C2H6/c1-5-8(2)6-7-10(11(12)13)9(3)14-4;1-7-3-2-4-8(5-7)6-9(10)11;1-2/h6-7H,3,5H2,1-2,4H3,(H,12,13);2-5H,6H2,1H3,(H,10,11);1-2H3/b8-6-,10-7+;;. The van der Waals surface area contributed by atoms with Crippen molar-refractivity contribution in [1.82, 2.24) is 0 Å². The largest absolute Gasteiger partial charge is 0.496 e. The van der Waals surface area contributed by atoms with E-state index in [0.29, 0.717) is 0 Å². The van der Waals surface area contributed by atoms with E-state index in [1.165, 1.54) is 13.2 Å². The van der Waals surface area contributed by atoms with Gasteiger partial charge in [0.2, 0.25) is 0 Å². The number of carbonyl (C=O) groups is 2. The predicted octanol–water partition coefficient (Wildman–Crippen LogP) is 5.16. The van der Waals surface area contributed by atoms with Gasteiger partial charge in [-0.25, -0.2) is 4.79 Å². The Labute approximate surface area is 162 Å². The van der Waals surface area contributed by atoms with Gasteiger partial charge in [-0.05, 0) is 31.9 Å². The van der Waals surface area contributed by atoms with Crippen molar-refractivity contribution in [3.05, 3.63) is 71.0 Å². The fourth-order valence-electron chi connectivity index (χ4n) is 1.73. The molecule has 0 aliphatic heterocycles. The number of benzene rings is 1. The van der Waals surface area contributed by atoms with Crippen LogP contribution in [-0.2, 0) is 20.7 Å². The van der Waals surface area contributed by atoms with Gasteiger partial charge in [-0.1, -0.05) is 68.8 Å². The van der Waals surface area contributed by atoms with Crippen LogP contribution < -0.4 is 0 Å². The molecule has 0 radical (unpaired) electrons. The molecule has 150 valence electrons. The molecule has 0 saturated carbocycles. The molecule has 0 fully saturated rings. The SMILES string of the molecule is C=C(OC)/C(=C\C=C(\C)CC)C(=O)O.CC.Cc1cccc(CC(=O)O)c1. The van der Waals surface area contributed by atoms with Crippen LogP contribution in [0.15, 0.2) is 59.9 Å². The first-order valence-electron chi connectivity index (χ1n) is 8.82. The normalized spacial score (nSPS) is 10.6. The Morgan fingerprint density at radius 2 is 1.78 bits per heavy atom. The first kappa shape index (κ1) is 26.4. The van der Waals surface area contributed by atoms with Gasteiger partial charge in [0.15, 0.2) is 0 Å². The molecule has 1 rings (SSSR count). The highest BCUT2D eigenvalue weighted by Crippen LogP contribution is 2.10. The van der Waals surface area contributed by atoms with Crippen molar-refractivity contribution in [2.45, 2.75) is 47.5 Å². The highest BCUT2D eigenvalue weighted by Gasteiger charge is 2.10. The number of methoxy groups -OCH3 is 1. The van der Waals surface area contributed by atoms with Crippen LogP contribution in [0.2, 0.25) is 0 Å². The molecule has 0 heterocycles. The second-order valence-electron chi connectivity index (χ2n) is 5.44. The number of carboxylic acids is 2. The molecule has 5 heteroatoms. The second-order valence-corrected chi connectivity index (χ2v) is 5.44. The van der Waals surface area contributed by atoms with Crippen molar-refractivity contribution in [3.63, 3.8) is 0 Å². The van der Waals surface area contributed by atoms with Crippen LogP contribution >= 0.6 is 0 Å². The zero-order valence-electron chi connectivity index (χ0n) is 17.2. The third-order valence-corrected chi connectivity index (χ3v) is 3.31. The topological polar surface area (TPSA) is 83.8 Å². The Bertz CT molecular complexity index is 669. The Balaban J connectivity index is 0. The average Bonchev–Trinajstić information content (AvgIpc) is 2.62. The molecule has 5 nitrogen and oxygen atoms in total. The quantitative estimate of drug-likeness (QED) is 0.390. The van der Waals surface area contributed by atoms with Crippen LogP contribution in [0.1, 0.15) is 45.2 Å². The van der Waals surface area contributed by atoms with Gasteiger partial charge >= 0.3 is 11.9 Å². The lowest BCUT2D eigenvalue weighted by atomic mass is 10.1. The van der Waals surface area contributed by atoms with Gasteiger partial charge in [0, 0.05) is 0 Å². The summed E-state index contributed by atoms with van der Waals surface area (Å²) in [6.07, 6.45) is 4.27. The first-order chi connectivity index (χ1) is 12.7. The van der Waals surface area contributed by atoms with Gasteiger partial charge in [-0.3, -0.25) is 4.79 Å². The lowest BCUT2D eigenvalue weighted by molar-refractivity contribution is -0.136. The number of carboxylic acid groups (broad SMARTS) is 2.